The highest BCUT2D eigenvalue weighted by Gasteiger charge is 2.27. The van der Waals surface area contributed by atoms with Gasteiger partial charge in [0.05, 0.1) is 0 Å². The second-order valence-corrected chi connectivity index (χ2v) is 8.02. The summed E-state index contributed by atoms with van der Waals surface area (Å²) in [6, 6.07) is 8.61. The van der Waals surface area contributed by atoms with Crippen LogP contribution >= 0.6 is 22.9 Å². The molecule has 1 saturated heterocycles. The normalized spacial score (nSPS) is 15.4. The van der Waals surface area contributed by atoms with E-state index in [-0.39, 0.29) is 17.3 Å². The molecule has 0 bridgehead atoms. The molecule has 0 unspecified atom stereocenters. The molecule has 0 radical (unpaired) electrons. The Kier molecular flexibility index (Phi) is 4.97. The summed E-state index contributed by atoms with van der Waals surface area (Å²) in [5.41, 5.74) is 1.34. The Morgan fingerprint density at radius 3 is 2.63 bits per heavy atom. The number of aromatic nitrogens is 3. The summed E-state index contributed by atoms with van der Waals surface area (Å²) in [6.45, 7) is 3.45. The second-order valence-electron chi connectivity index (χ2n) is 6.65. The molecule has 8 heteroatoms. The third-order valence-corrected chi connectivity index (χ3v) is 6.14. The molecule has 6 nitrogen and oxygen atoms in total. The first-order chi connectivity index (χ1) is 13.0. The third-order valence-electron chi connectivity index (χ3n) is 4.91. The quantitative estimate of drug-likeness (QED) is 0.625. The maximum atomic E-state index is 12.7. The molecule has 140 valence electrons. The van der Waals surface area contributed by atoms with Gasteiger partial charge >= 0.3 is 0 Å². The van der Waals surface area contributed by atoms with Gasteiger partial charge in [-0.25, -0.2) is 4.98 Å². The van der Waals surface area contributed by atoms with Crippen LogP contribution in [0.25, 0.3) is 4.96 Å². The van der Waals surface area contributed by atoms with Crippen LogP contribution in [0.5, 0.6) is 0 Å². The molecule has 2 aromatic heterocycles. The molecule has 1 aliphatic rings. The number of ketones is 1. The van der Waals surface area contributed by atoms with Crippen LogP contribution in [0.2, 0.25) is 5.02 Å². The van der Waals surface area contributed by atoms with E-state index in [1.807, 2.05) is 6.92 Å². The largest absolute Gasteiger partial charge is 0.347 e. The number of aryl methyl sites for hydroxylation is 1. The first kappa shape index (κ1) is 18.1. The predicted molar refractivity (Wildman–Crippen MR) is 107 cm³/mol. The van der Waals surface area contributed by atoms with E-state index in [4.69, 9.17) is 11.6 Å². The van der Waals surface area contributed by atoms with Crippen LogP contribution in [0.1, 0.15) is 35.8 Å². The highest BCUT2D eigenvalue weighted by molar-refractivity contribution is 7.20. The summed E-state index contributed by atoms with van der Waals surface area (Å²) >= 11 is 7.32. The van der Waals surface area contributed by atoms with E-state index in [1.54, 1.807) is 24.3 Å². The molecule has 1 fully saturated rings. The van der Waals surface area contributed by atoms with Gasteiger partial charge in [0.15, 0.2) is 5.78 Å². The zero-order chi connectivity index (χ0) is 19.0. The van der Waals surface area contributed by atoms with Crippen LogP contribution in [0.15, 0.2) is 35.1 Å². The van der Waals surface area contributed by atoms with Gasteiger partial charge < -0.3 is 4.90 Å². The van der Waals surface area contributed by atoms with Crippen molar-refractivity contribution in [2.24, 2.45) is 5.92 Å². The monoisotopic (exact) mass is 402 g/mol. The van der Waals surface area contributed by atoms with E-state index < -0.39 is 0 Å². The summed E-state index contributed by atoms with van der Waals surface area (Å²) in [7, 11) is 0. The maximum absolute atomic E-state index is 12.7. The van der Waals surface area contributed by atoms with Crippen molar-refractivity contribution in [1.82, 2.24) is 14.6 Å². The lowest BCUT2D eigenvalue weighted by Gasteiger charge is -2.30. The van der Waals surface area contributed by atoms with Gasteiger partial charge in [0.25, 0.3) is 5.56 Å². The van der Waals surface area contributed by atoms with Crippen molar-refractivity contribution in [3.63, 3.8) is 0 Å². The molecule has 0 spiro atoms. The van der Waals surface area contributed by atoms with Crippen LogP contribution < -0.4 is 10.5 Å². The number of hydrogen-bond donors (Lipinski definition) is 0. The maximum Gasteiger partial charge on any atom is 0.275 e. The van der Waals surface area contributed by atoms with Gasteiger partial charge in [-0.1, -0.05) is 29.9 Å². The van der Waals surface area contributed by atoms with Crippen molar-refractivity contribution in [2.75, 3.05) is 18.0 Å². The molecule has 0 saturated carbocycles. The van der Waals surface area contributed by atoms with E-state index >= 15 is 0 Å². The standard InChI is InChI=1S/C19H19ClN4O2S/c1-2-15-11-16(25)24-18(21-15)27-19(22-24)23-9-7-13(8-10-23)17(26)12-3-5-14(20)6-4-12/h3-6,11,13H,2,7-10H2,1H3. The summed E-state index contributed by atoms with van der Waals surface area (Å²) in [5, 5.41) is 5.85. The van der Waals surface area contributed by atoms with Gasteiger partial charge in [0.2, 0.25) is 10.1 Å². The van der Waals surface area contributed by atoms with Crippen LogP contribution in [0, 0.1) is 5.92 Å². The first-order valence-electron chi connectivity index (χ1n) is 8.99. The molecular formula is C19H19ClN4O2S. The Hall–Kier alpha value is -2.25. The number of benzene rings is 1. The van der Waals surface area contributed by atoms with E-state index in [9.17, 15) is 9.59 Å². The van der Waals surface area contributed by atoms with E-state index in [0.29, 0.717) is 15.5 Å². The van der Waals surface area contributed by atoms with Gasteiger partial charge in [-0.2, -0.15) is 4.52 Å². The number of piperidine rings is 1. The highest BCUT2D eigenvalue weighted by atomic mass is 35.5. The molecule has 3 heterocycles. The average molecular weight is 403 g/mol. The second kappa shape index (κ2) is 7.40. The third kappa shape index (κ3) is 3.61. The fourth-order valence-electron chi connectivity index (χ4n) is 3.34. The molecule has 0 atom stereocenters. The minimum atomic E-state index is -0.146. The van der Waals surface area contributed by atoms with Crippen LogP contribution in [-0.4, -0.2) is 33.5 Å². The fraction of sp³-hybridized carbons (Fsp3) is 0.368. The molecule has 0 amide bonds. The summed E-state index contributed by atoms with van der Waals surface area (Å²) in [4.78, 5) is 32.1. The SMILES string of the molecule is CCc1cc(=O)n2nc(N3CCC(C(=O)c4ccc(Cl)cc4)CC3)sc2n1. The molecular weight excluding hydrogens is 384 g/mol. The van der Waals surface area contributed by atoms with Crippen molar-refractivity contribution >= 4 is 38.8 Å². The molecule has 1 aliphatic heterocycles. The van der Waals surface area contributed by atoms with Gasteiger partial charge in [0.1, 0.15) is 0 Å². The van der Waals surface area contributed by atoms with E-state index in [1.165, 1.54) is 21.9 Å². The van der Waals surface area contributed by atoms with Gasteiger partial charge in [-0.3, -0.25) is 9.59 Å². The minimum Gasteiger partial charge on any atom is -0.347 e. The first-order valence-corrected chi connectivity index (χ1v) is 10.2. The molecule has 4 rings (SSSR count). The number of carbonyl (C=O) groups is 1. The van der Waals surface area contributed by atoms with Crippen molar-refractivity contribution < 1.29 is 4.79 Å². The van der Waals surface area contributed by atoms with Gasteiger partial charge in [-0.05, 0) is 43.5 Å². The summed E-state index contributed by atoms with van der Waals surface area (Å²) < 4.78 is 1.37. The number of anilines is 1. The van der Waals surface area contributed by atoms with E-state index in [2.05, 4.69) is 15.0 Å². The van der Waals surface area contributed by atoms with Crippen molar-refractivity contribution in [3.05, 3.63) is 57.0 Å². The number of halogens is 1. The van der Waals surface area contributed by atoms with Crippen molar-refractivity contribution in [1.29, 1.82) is 0 Å². The van der Waals surface area contributed by atoms with Crippen LogP contribution in [0.4, 0.5) is 5.13 Å². The number of carbonyl (C=O) groups excluding carboxylic acids is 1. The highest BCUT2D eigenvalue weighted by Crippen LogP contribution is 2.28. The Morgan fingerprint density at radius 1 is 1.26 bits per heavy atom. The Bertz CT molecular complexity index is 1040. The molecule has 27 heavy (non-hydrogen) atoms. The lowest BCUT2D eigenvalue weighted by molar-refractivity contribution is 0.0900. The zero-order valence-electron chi connectivity index (χ0n) is 14.9. The number of nitrogens with zero attached hydrogens (tertiary/aromatic N) is 4. The summed E-state index contributed by atoms with van der Waals surface area (Å²) in [6.07, 6.45) is 2.25. The number of hydrogen-bond acceptors (Lipinski definition) is 6. The smallest absolute Gasteiger partial charge is 0.275 e. The van der Waals surface area contributed by atoms with E-state index in [0.717, 1.165) is 43.2 Å². The number of rotatable bonds is 4. The van der Waals surface area contributed by atoms with Crippen LogP contribution in [-0.2, 0) is 6.42 Å². The average Bonchev–Trinajstić information content (AvgIpc) is 3.13. The lowest BCUT2D eigenvalue weighted by Crippen LogP contribution is -2.36. The van der Waals surface area contributed by atoms with Crippen LogP contribution in [0.3, 0.4) is 0 Å². The molecule has 1 aromatic carbocycles. The molecule has 3 aromatic rings. The molecule has 0 aliphatic carbocycles. The number of fused-ring (bicyclic) bond motifs is 1. The van der Waals surface area contributed by atoms with Gasteiger partial charge in [0, 0.05) is 41.4 Å². The summed E-state index contributed by atoms with van der Waals surface area (Å²) in [5.74, 6) is 0.172. The lowest BCUT2D eigenvalue weighted by atomic mass is 9.89. The van der Waals surface area contributed by atoms with Crippen molar-refractivity contribution in [2.45, 2.75) is 26.2 Å². The minimum absolute atomic E-state index is 0.00402. The topological polar surface area (TPSA) is 67.6 Å². The zero-order valence-corrected chi connectivity index (χ0v) is 16.5. The fourth-order valence-corrected chi connectivity index (χ4v) is 4.44. The Labute approximate surface area is 165 Å². The molecule has 0 N–H and O–H groups in total. The van der Waals surface area contributed by atoms with Gasteiger partial charge in [-0.15, -0.1) is 5.10 Å². The van der Waals surface area contributed by atoms with Crippen molar-refractivity contribution in [3.8, 4) is 0 Å². The predicted octanol–water partition coefficient (Wildman–Crippen LogP) is 3.47. The Morgan fingerprint density at radius 2 is 1.96 bits per heavy atom. The Balaban J connectivity index is 1.48. The number of Topliss-reactive ketones (excluding diaryl/α,β-unsaturated/α-hetero) is 1.